The molecule has 0 unspecified atom stereocenters. The van der Waals surface area contributed by atoms with Crippen LogP contribution in [0.3, 0.4) is 0 Å². The number of nitrogens with one attached hydrogen (secondary N) is 4. The second kappa shape index (κ2) is 7.87. The van der Waals surface area contributed by atoms with Crippen LogP contribution >= 0.6 is 11.3 Å². The Morgan fingerprint density at radius 1 is 1.00 bits per heavy atom. The van der Waals surface area contributed by atoms with Crippen LogP contribution in [0, 0.1) is 6.92 Å². The van der Waals surface area contributed by atoms with E-state index in [-0.39, 0.29) is 16.1 Å². The molecule has 4 N–H and O–H groups in total. The molecule has 0 radical (unpaired) electrons. The number of carbonyl (C=O) groups excluding carboxylic acids is 1. The van der Waals surface area contributed by atoms with Crippen molar-refractivity contribution >= 4 is 59.3 Å². The number of H-pyrrole nitrogens is 2. The van der Waals surface area contributed by atoms with Gasteiger partial charge in [0.15, 0.2) is 5.13 Å². The van der Waals surface area contributed by atoms with Crippen LogP contribution in [-0.2, 0) is 10.0 Å². The van der Waals surface area contributed by atoms with E-state index in [1.54, 1.807) is 12.1 Å². The van der Waals surface area contributed by atoms with Crippen LogP contribution in [-0.4, -0.2) is 29.3 Å². The van der Waals surface area contributed by atoms with Crippen LogP contribution in [0.1, 0.15) is 15.9 Å². The summed E-state index contributed by atoms with van der Waals surface area (Å²) in [5.41, 5.74) is 2.55. The Bertz CT molecular complexity index is 1700. The number of rotatable bonds is 5. The van der Waals surface area contributed by atoms with Gasteiger partial charge in [0.05, 0.1) is 37.4 Å². The predicted molar refractivity (Wildman–Crippen MR) is 128 cm³/mol. The molecule has 166 valence electrons. The molecule has 0 fully saturated rings. The Morgan fingerprint density at radius 3 is 2.64 bits per heavy atom. The van der Waals surface area contributed by atoms with E-state index in [0.717, 1.165) is 15.8 Å². The lowest BCUT2D eigenvalue weighted by Crippen LogP contribution is -2.18. The van der Waals surface area contributed by atoms with Gasteiger partial charge in [-0.3, -0.25) is 14.8 Å². The van der Waals surface area contributed by atoms with Gasteiger partial charge in [0.1, 0.15) is 0 Å². The van der Waals surface area contributed by atoms with Crippen LogP contribution in [0.15, 0.2) is 70.4 Å². The lowest BCUT2D eigenvalue weighted by Gasteiger charge is -2.12. The SMILES string of the molecule is Cc1ccc2nc(NC(=O)c3ccccc3NS(=O)(=O)c3ccc4[nH]c(=O)[nH]c4c3)sc2c1. The fourth-order valence-electron chi connectivity index (χ4n) is 3.40. The molecule has 2 aromatic heterocycles. The number of hydrogen-bond donors (Lipinski definition) is 4. The van der Waals surface area contributed by atoms with Crippen molar-refractivity contribution in [2.24, 2.45) is 0 Å². The smallest absolute Gasteiger partial charge is 0.306 e. The van der Waals surface area contributed by atoms with Gasteiger partial charge in [0.25, 0.3) is 15.9 Å². The molecule has 0 saturated carbocycles. The summed E-state index contributed by atoms with van der Waals surface area (Å²) in [6.45, 7) is 1.98. The molecule has 2 heterocycles. The zero-order chi connectivity index (χ0) is 23.2. The number of sulfonamides is 1. The molecule has 0 spiro atoms. The minimum absolute atomic E-state index is 0.0537. The van der Waals surface area contributed by atoms with E-state index >= 15 is 0 Å². The van der Waals surface area contributed by atoms with E-state index in [1.807, 2.05) is 25.1 Å². The number of aromatic nitrogens is 3. The Labute approximate surface area is 191 Å². The topological polar surface area (TPSA) is 137 Å². The van der Waals surface area contributed by atoms with Gasteiger partial charge in [-0.05, 0) is 55.0 Å². The summed E-state index contributed by atoms with van der Waals surface area (Å²) in [7, 11) is -4.03. The quantitative estimate of drug-likeness (QED) is 0.304. The molecule has 0 aliphatic rings. The summed E-state index contributed by atoms with van der Waals surface area (Å²) in [6, 6.07) is 16.3. The van der Waals surface area contributed by atoms with Crippen LogP contribution in [0.5, 0.6) is 0 Å². The number of aryl methyl sites for hydroxylation is 1. The number of para-hydroxylation sites is 1. The van der Waals surface area contributed by atoms with Crippen LogP contribution in [0.25, 0.3) is 21.3 Å². The molecular weight excluding hydrogens is 462 g/mol. The highest BCUT2D eigenvalue weighted by Crippen LogP contribution is 2.28. The first-order chi connectivity index (χ1) is 15.8. The fourth-order valence-corrected chi connectivity index (χ4v) is 5.47. The number of fused-ring (bicyclic) bond motifs is 2. The Balaban J connectivity index is 1.43. The maximum absolute atomic E-state index is 13.0. The molecule has 3 aromatic carbocycles. The van der Waals surface area contributed by atoms with Gasteiger partial charge >= 0.3 is 5.69 Å². The molecule has 5 rings (SSSR count). The average Bonchev–Trinajstić information content (AvgIpc) is 3.34. The van der Waals surface area contributed by atoms with E-state index in [0.29, 0.717) is 16.2 Å². The second-order valence-corrected chi connectivity index (χ2v) is 10.1. The van der Waals surface area contributed by atoms with Crippen molar-refractivity contribution < 1.29 is 13.2 Å². The normalized spacial score (nSPS) is 11.7. The standard InChI is InChI=1S/C22H17N5O4S2/c1-12-6-8-17-19(10-12)32-22(25-17)26-20(28)14-4-2-3-5-15(14)27-33(30,31)13-7-9-16-18(11-13)24-21(29)23-16/h2-11,27H,1H3,(H2,23,24,29)(H,25,26,28). The molecule has 0 atom stereocenters. The van der Waals surface area contributed by atoms with Gasteiger partial charge in [0, 0.05) is 0 Å². The molecule has 0 aliphatic carbocycles. The van der Waals surface area contributed by atoms with Crippen molar-refractivity contribution in [1.82, 2.24) is 15.0 Å². The molecule has 0 saturated heterocycles. The summed E-state index contributed by atoms with van der Waals surface area (Å²) in [4.78, 5) is 33.9. The number of hydrogen-bond acceptors (Lipinski definition) is 6. The summed E-state index contributed by atoms with van der Waals surface area (Å²) in [5.74, 6) is -0.491. The maximum atomic E-state index is 13.0. The van der Waals surface area contributed by atoms with Gasteiger partial charge in [-0.15, -0.1) is 0 Å². The third-order valence-electron chi connectivity index (χ3n) is 4.98. The van der Waals surface area contributed by atoms with Crippen molar-refractivity contribution in [2.75, 3.05) is 10.0 Å². The van der Waals surface area contributed by atoms with Gasteiger partial charge in [-0.2, -0.15) is 0 Å². The van der Waals surface area contributed by atoms with Gasteiger partial charge in [-0.25, -0.2) is 18.2 Å². The van der Waals surface area contributed by atoms with Crippen molar-refractivity contribution in [2.45, 2.75) is 11.8 Å². The molecular formula is C22H17N5O4S2. The van der Waals surface area contributed by atoms with Crippen molar-refractivity contribution in [3.63, 3.8) is 0 Å². The van der Waals surface area contributed by atoms with Crippen LogP contribution in [0.2, 0.25) is 0 Å². The summed E-state index contributed by atoms with van der Waals surface area (Å²) >= 11 is 1.34. The Kier molecular flexibility index (Phi) is 4.99. The summed E-state index contributed by atoms with van der Waals surface area (Å²) < 4.78 is 29.4. The van der Waals surface area contributed by atoms with Crippen molar-refractivity contribution in [3.8, 4) is 0 Å². The lowest BCUT2D eigenvalue weighted by atomic mass is 10.2. The highest BCUT2D eigenvalue weighted by Gasteiger charge is 2.20. The Hall–Kier alpha value is -3.96. The van der Waals surface area contributed by atoms with E-state index in [4.69, 9.17) is 0 Å². The number of benzene rings is 3. The minimum Gasteiger partial charge on any atom is -0.306 e. The van der Waals surface area contributed by atoms with Crippen LogP contribution < -0.4 is 15.7 Å². The number of anilines is 2. The van der Waals surface area contributed by atoms with Crippen molar-refractivity contribution in [1.29, 1.82) is 0 Å². The lowest BCUT2D eigenvalue weighted by molar-refractivity contribution is 0.102. The molecule has 0 aliphatic heterocycles. The molecule has 9 nitrogen and oxygen atoms in total. The highest BCUT2D eigenvalue weighted by molar-refractivity contribution is 7.92. The number of amides is 1. The predicted octanol–water partition coefficient (Wildman–Crippen LogP) is 3.83. The first kappa shape index (κ1) is 20.9. The monoisotopic (exact) mass is 479 g/mol. The van der Waals surface area contributed by atoms with Gasteiger partial charge in [-0.1, -0.05) is 29.5 Å². The molecule has 11 heteroatoms. The number of aromatic amines is 2. The van der Waals surface area contributed by atoms with Crippen LogP contribution in [0.4, 0.5) is 10.8 Å². The highest BCUT2D eigenvalue weighted by atomic mass is 32.2. The fraction of sp³-hybridized carbons (Fsp3) is 0.0455. The Morgan fingerprint density at radius 2 is 1.79 bits per heavy atom. The minimum atomic E-state index is -4.03. The number of thiazole rings is 1. The first-order valence-electron chi connectivity index (χ1n) is 9.81. The molecule has 1 amide bonds. The third-order valence-corrected chi connectivity index (χ3v) is 7.27. The summed E-state index contributed by atoms with van der Waals surface area (Å²) in [6.07, 6.45) is 0. The third kappa shape index (κ3) is 4.11. The van der Waals surface area contributed by atoms with E-state index < -0.39 is 21.6 Å². The summed E-state index contributed by atoms with van der Waals surface area (Å²) in [5, 5.41) is 3.17. The number of carbonyl (C=O) groups is 1. The maximum Gasteiger partial charge on any atom is 0.323 e. The second-order valence-electron chi connectivity index (χ2n) is 7.38. The zero-order valence-corrected chi connectivity index (χ0v) is 18.8. The average molecular weight is 480 g/mol. The van der Waals surface area contributed by atoms with Gasteiger partial charge < -0.3 is 9.97 Å². The van der Waals surface area contributed by atoms with Crippen molar-refractivity contribution in [3.05, 3.63) is 82.3 Å². The first-order valence-corrected chi connectivity index (χ1v) is 12.1. The van der Waals surface area contributed by atoms with Gasteiger partial charge in [0.2, 0.25) is 0 Å². The van der Waals surface area contributed by atoms with E-state index in [1.165, 1.54) is 41.7 Å². The molecule has 33 heavy (non-hydrogen) atoms. The number of nitrogens with zero attached hydrogens (tertiary/aromatic N) is 1. The molecule has 0 bridgehead atoms. The van der Waals surface area contributed by atoms with E-state index in [9.17, 15) is 18.0 Å². The molecule has 5 aromatic rings. The van der Waals surface area contributed by atoms with E-state index in [2.05, 4.69) is 25.0 Å². The largest absolute Gasteiger partial charge is 0.323 e. The zero-order valence-electron chi connectivity index (χ0n) is 17.2. The number of imidazole rings is 1.